The molecular formula is C17H19N5O. The number of fused-ring (bicyclic) bond motifs is 1. The van der Waals surface area contributed by atoms with E-state index in [1.54, 1.807) is 17.8 Å². The summed E-state index contributed by atoms with van der Waals surface area (Å²) in [4.78, 5) is 16.3. The second kappa shape index (κ2) is 5.72. The van der Waals surface area contributed by atoms with Crippen molar-refractivity contribution in [2.75, 3.05) is 12.4 Å². The molecule has 0 spiro atoms. The van der Waals surface area contributed by atoms with Crippen molar-refractivity contribution in [3.8, 4) is 0 Å². The molecule has 6 nitrogen and oxygen atoms in total. The molecule has 2 aromatic heterocycles. The molecule has 0 aliphatic heterocycles. The summed E-state index contributed by atoms with van der Waals surface area (Å²) in [6.45, 7) is 5.99. The SMILES string of the molecule is CNC(=O)c1cn2ncnc(Nc3cc(C)ccc3C)c2c1C. The fourth-order valence-corrected chi connectivity index (χ4v) is 2.61. The number of hydrogen-bond donors (Lipinski definition) is 2. The van der Waals surface area contributed by atoms with E-state index in [4.69, 9.17) is 0 Å². The third kappa shape index (κ3) is 2.63. The van der Waals surface area contributed by atoms with Crippen molar-refractivity contribution in [3.05, 3.63) is 53.0 Å². The maximum Gasteiger partial charge on any atom is 0.252 e. The lowest BCUT2D eigenvalue weighted by Gasteiger charge is -2.11. The van der Waals surface area contributed by atoms with Crippen LogP contribution in [-0.2, 0) is 0 Å². The third-order valence-corrected chi connectivity index (χ3v) is 3.94. The van der Waals surface area contributed by atoms with Gasteiger partial charge < -0.3 is 10.6 Å². The van der Waals surface area contributed by atoms with Crippen molar-refractivity contribution in [2.45, 2.75) is 20.8 Å². The number of benzene rings is 1. The van der Waals surface area contributed by atoms with E-state index in [2.05, 4.69) is 38.9 Å². The van der Waals surface area contributed by atoms with Crippen LogP contribution in [0.5, 0.6) is 0 Å². The maximum atomic E-state index is 12.0. The number of carbonyl (C=O) groups is 1. The van der Waals surface area contributed by atoms with Crippen molar-refractivity contribution in [1.82, 2.24) is 19.9 Å². The molecule has 1 aromatic carbocycles. The van der Waals surface area contributed by atoms with Gasteiger partial charge in [0.15, 0.2) is 5.82 Å². The van der Waals surface area contributed by atoms with Crippen LogP contribution < -0.4 is 10.6 Å². The van der Waals surface area contributed by atoms with Crippen molar-refractivity contribution in [1.29, 1.82) is 0 Å². The van der Waals surface area contributed by atoms with Gasteiger partial charge in [-0.05, 0) is 43.5 Å². The quantitative estimate of drug-likeness (QED) is 0.780. The van der Waals surface area contributed by atoms with Crippen LogP contribution in [0.3, 0.4) is 0 Å². The largest absolute Gasteiger partial charge is 0.355 e. The van der Waals surface area contributed by atoms with E-state index in [0.29, 0.717) is 11.4 Å². The molecule has 6 heteroatoms. The van der Waals surface area contributed by atoms with Crippen LogP contribution in [0.25, 0.3) is 5.52 Å². The van der Waals surface area contributed by atoms with Gasteiger partial charge in [-0.1, -0.05) is 12.1 Å². The van der Waals surface area contributed by atoms with E-state index in [9.17, 15) is 4.79 Å². The molecule has 23 heavy (non-hydrogen) atoms. The third-order valence-electron chi connectivity index (χ3n) is 3.94. The lowest BCUT2D eigenvalue weighted by atomic mass is 10.1. The Labute approximate surface area is 134 Å². The molecule has 3 aromatic rings. The fourth-order valence-electron chi connectivity index (χ4n) is 2.61. The van der Waals surface area contributed by atoms with Crippen molar-refractivity contribution < 1.29 is 4.79 Å². The highest BCUT2D eigenvalue weighted by Gasteiger charge is 2.17. The number of aryl methyl sites for hydroxylation is 3. The lowest BCUT2D eigenvalue weighted by molar-refractivity contribution is 0.0962. The predicted octanol–water partition coefficient (Wildman–Crippen LogP) is 2.76. The van der Waals surface area contributed by atoms with E-state index in [0.717, 1.165) is 22.3 Å². The summed E-state index contributed by atoms with van der Waals surface area (Å²) in [5.41, 5.74) is 5.53. The number of aromatic nitrogens is 3. The molecule has 1 amide bonds. The average Bonchev–Trinajstić information content (AvgIpc) is 2.88. The number of amides is 1. The molecule has 0 bridgehead atoms. The Balaban J connectivity index is 2.13. The summed E-state index contributed by atoms with van der Waals surface area (Å²) in [5.74, 6) is 0.548. The predicted molar refractivity (Wildman–Crippen MR) is 90.3 cm³/mol. The monoisotopic (exact) mass is 309 g/mol. The Bertz CT molecular complexity index is 897. The molecule has 0 atom stereocenters. The number of hydrogen-bond acceptors (Lipinski definition) is 4. The van der Waals surface area contributed by atoms with E-state index in [1.165, 1.54) is 11.9 Å². The van der Waals surface area contributed by atoms with Crippen LogP contribution in [-0.4, -0.2) is 27.6 Å². The lowest BCUT2D eigenvalue weighted by Crippen LogP contribution is -2.17. The summed E-state index contributed by atoms with van der Waals surface area (Å²) < 4.78 is 1.68. The maximum absolute atomic E-state index is 12.0. The molecule has 0 saturated carbocycles. The van der Waals surface area contributed by atoms with E-state index in [1.807, 2.05) is 20.8 Å². The van der Waals surface area contributed by atoms with Gasteiger partial charge in [-0.3, -0.25) is 4.79 Å². The minimum Gasteiger partial charge on any atom is -0.355 e. The van der Waals surface area contributed by atoms with Crippen LogP contribution in [0.2, 0.25) is 0 Å². The Morgan fingerprint density at radius 1 is 1.22 bits per heavy atom. The summed E-state index contributed by atoms with van der Waals surface area (Å²) in [6, 6.07) is 6.21. The number of anilines is 2. The number of nitrogens with one attached hydrogen (secondary N) is 2. The molecule has 0 aliphatic carbocycles. The van der Waals surface area contributed by atoms with Crippen molar-refractivity contribution in [2.24, 2.45) is 0 Å². The number of nitrogens with zero attached hydrogens (tertiary/aromatic N) is 3. The van der Waals surface area contributed by atoms with E-state index >= 15 is 0 Å². The highest BCUT2D eigenvalue weighted by atomic mass is 16.1. The van der Waals surface area contributed by atoms with Gasteiger partial charge in [0.1, 0.15) is 11.8 Å². The topological polar surface area (TPSA) is 71.3 Å². The molecular weight excluding hydrogens is 290 g/mol. The minimum atomic E-state index is -0.134. The van der Waals surface area contributed by atoms with Crippen LogP contribution in [0.1, 0.15) is 27.0 Å². The smallest absolute Gasteiger partial charge is 0.252 e. The molecule has 118 valence electrons. The highest BCUT2D eigenvalue weighted by Crippen LogP contribution is 2.27. The Morgan fingerprint density at radius 3 is 2.74 bits per heavy atom. The van der Waals surface area contributed by atoms with Gasteiger partial charge in [-0.2, -0.15) is 5.10 Å². The van der Waals surface area contributed by atoms with Gasteiger partial charge in [-0.25, -0.2) is 9.50 Å². The summed E-state index contributed by atoms with van der Waals surface area (Å²) in [7, 11) is 1.62. The summed E-state index contributed by atoms with van der Waals surface area (Å²) in [6.07, 6.45) is 3.20. The standard InChI is InChI=1S/C17H19N5O/c1-10-5-6-11(2)14(7-10)21-16-15-12(3)13(17(23)18-4)8-22(15)20-9-19-16/h5-9H,1-4H3,(H,18,23)(H,19,20,21). The Morgan fingerprint density at radius 2 is 2.00 bits per heavy atom. The molecule has 2 heterocycles. The zero-order valence-corrected chi connectivity index (χ0v) is 13.6. The first-order chi connectivity index (χ1) is 11.0. The molecule has 3 rings (SSSR count). The first-order valence-corrected chi connectivity index (χ1v) is 7.40. The molecule has 0 aliphatic rings. The van der Waals surface area contributed by atoms with Crippen LogP contribution in [0.4, 0.5) is 11.5 Å². The van der Waals surface area contributed by atoms with Gasteiger partial charge in [0.05, 0.1) is 5.56 Å². The molecule has 0 saturated heterocycles. The Kier molecular flexibility index (Phi) is 3.73. The zero-order chi connectivity index (χ0) is 16.6. The van der Waals surface area contributed by atoms with Crippen molar-refractivity contribution >= 4 is 22.9 Å². The van der Waals surface area contributed by atoms with Crippen LogP contribution in [0.15, 0.2) is 30.7 Å². The van der Waals surface area contributed by atoms with Gasteiger partial charge in [0, 0.05) is 18.9 Å². The number of rotatable bonds is 3. The second-order valence-corrected chi connectivity index (χ2v) is 5.59. The molecule has 0 unspecified atom stereocenters. The summed E-state index contributed by atoms with van der Waals surface area (Å²) in [5, 5.41) is 10.2. The van der Waals surface area contributed by atoms with Crippen molar-refractivity contribution in [3.63, 3.8) is 0 Å². The first-order valence-electron chi connectivity index (χ1n) is 7.40. The van der Waals surface area contributed by atoms with E-state index < -0.39 is 0 Å². The Hall–Kier alpha value is -2.89. The minimum absolute atomic E-state index is 0.134. The summed E-state index contributed by atoms with van der Waals surface area (Å²) >= 11 is 0. The van der Waals surface area contributed by atoms with Gasteiger partial charge in [0.25, 0.3) is 5.91 Å². The first kappa shape index (κ1) is 15.0. The average molecular weight is 309 g/mol. The normalized spacial score (nSPS) is 10.8. The number of carbonyl (C=O) groups excluding carboxylic acids is 1. The van der Waals surface area contributed by atoms with Gasteiger partial charge in [0.2, 0.25) is 0 Å². The highest BCUT2D eigenvalue weighted by molar-refractivity contribution is 5.99. The van der Waals surface area contributed by atoms with Gasteiger partial charge >= 0.3 is 0 Å². The van der Waals surface area contributed by atoms with E-state index in [-0.39, 0.29) is 5.91 Å². The zero-order valence-electron chi connectivity index (χ0n) is 13.6. The molecule has 0 radical (unpaired) electrons. The van der Waals surface area contributed by atoms with Crippen LogP contribution in [0, 0.1) is 20.8 Å². The van der Waals surface area contributed by atoms with Crippen LogP contribution >= 0.6 is 0 Å². The second-order valence-electron chi connectivity index (χ2n) is 5.59. The van der Waals surface area contributed by atoms with Gasteiger partial charge in [-0.15, -0.1) is 0 Å². The molecule has 2 N–H and O–H groups in total. The fraction of sp³-hybridized carbons (Fsp3) is 0.235. The molecule has 0 fully saturated rings.